The smallest absolute Gasteiger partial charge is 0.282 e. The Labute approximate surface area is 113 Å². The van der Waals surface area contributed by atoms with E-state index in [1.165, 1.54) is 0 Å². The van der Waals surface area contributed by atoms with Gasteiger partial charge in [0, 0.05) is 0 Å². The minimum atomic E-state index is -5.42. The van der Waals surface area contributed by atoms with Crippen molar-refractivity contribution in [1.82, 2.24) is 0 Å². The van der Waals surface area contributed by atoms with Crippen molar-refractivity contribution in [2.75, 3.05) is 0 Å². The lowest BCUT2D eigenvalue weighted by atomic mass is 10.3. The maximum absolute atomic E-state index is 11.1. The quantitative estimate of drug-likeness (QED) is 0.639. The van der Waals surface area contributed by atoms with Gasteiger partial charge in [-0.25, -0.2) is 0 Å². The van der Waals surface area contributed by atoms with Crippen LogP contribution in [0.5, 0.6) is 0 Å². The van der Waals surface area contributed by atoms with Crippen molar-refractivity contribution in [3.05, 3.63) is 17.2 Å². The summed E-state index contributed by atoms with van der Waals surface area (Å²) in [6.45, 7) is 0. The van der Waals surface area contributed by atoms with Crippen LogP contribution in [0.3, 0.4) is 0 Å². The van der Waals surface area contributed by atoms with E-state index in [0.717, 1.165) is 0 Å². The van der Waals surface area contributed by atoms with Crippen LogP contribution in [0.25, 0.3) is 0 Å². The second-order valence-electron chi connectivity index (χ2n) is 3.13. The molecule has 1 aromatic rings. The predicted molar refractivity (Wildman–Crippen MR) is 60.9 cm³/mol. The van der Waals surface area contributed by atoms with E-state index in [9.17, 15) is 25.3 Å². The van der Waals surface area contributed by atoms with E-state index in [2.05, 4.69) is 0 Å². The normalized spacial score (nSPS) is 13.5. The van der Waals surface area contributed by atoms with Crippen LogP contribution in [0.15, 0.2) is 26.8 Å². The largest absolute Gasteiger partial charge is 0.297 e. The second-order valence-corrected chi connectivity index (χ2v) is 7.64. The average molecular weight is 353 g/mol. The molecule has 0 aliphatic rings. The fourth-order valence-electron chi connectivity index (χ4n) is 1.21. The summed E-state index contributed by atoms with van der Waals surface area (Å²) in [5.74, 6) is 0. The minimum Gasteiger partial charge on any atom is -0.282 e. The molecule has 0 aliphatic carbocycles. The molecule has 3 N–H and O–H groups in total. The highest BCUT2D eigenvalue weighted by atomic mass is 35.5. The lowest BCUT2D eigenvalue weighted by Crippen LogP contribution is -2.14. The molecule has 0 heterocycles. The van der Waals surface area contributed by atoms with Gasteiger partial charge >= 0.3 is 0 Å². The van der Waals surface area contributed by atoms with Gasteiger partial charge in [0.15, 0.2) is 0 Å². The molecule has 0 saturated heterocycles. The zero-order valence-corrected chi connectivity index (χ0v) is 11.8. The average Bonchev–Trinajstić information content (AvgIpc) is 2.11. The van der Waals surface area contributed by atoms with E-state index in [0.29, 0.717) is 12.1 Å². The van der Waals surface area contributed by atoms with Crippen molar-refractivity contribution in [2.24, 2.45) is 0 Å². The van der Waals surface area contributed by atoms with Crippen LogP contribution in [-0.2, 0) is 30.4 Å². The first-order valence-corrected chi connectivity index (χ1v) is 8.71. The van der Waals surface area contributed by atoms with Crippen molar-refractivity contribution in [3.8, 4) is 0 Å². The highest BCUT2D eigenvalue weighted by Gasteiger charge is 2.34. The van der Waals surface area contributed by atoms with Crippen LogP contribution in [-0.4, -0.2) is 38.9 Å². The Balaban J connectivity index is 4.18. The predicted octanol–water partition coefficient (Wildman–Crippen LogP) is 0.0801. The summed E-state index contributed by atoms with van der Waals surface area (Å²) >= 11 is 5.35. The van der Waals surface area contributed by atoms with Gasteiger partial charge in [-0.3, -0.25) is 13.7 Å². The molecule has 0 saturated carbocycles. The Morgan fingerprint density at radius 2 is 1.16 bits per heavy atom. The Morgan fingerprint density at radius 3 is 1.47 bits per heavy atom. The highest BCUT2D eigenvalue weighted by Crippen LogP contribution is 2.33. The number of hydrogen-bond acceptors (Lipinski definition) is 6. The van der Waals surface area contributed by atoms with E-state index in [-0.39, 0.29) is 0 Å². The molecule has 0 bridgehead atoms. The molecule has 13 heteroatoms. The molecule has 0 spiro atoms. The Morgan fingerprint density at radius 1 is 0.737 bits per heavy atom. The van der Waals surface area contributed by atoms with Crippen molar-refractivity contribution in [1.29, 1.82) is 0 Å². The van der Waals surface area contributed by atoms with Gasteiger partial charge in [-0.05, 0) is 12.1 Å². The van der Waals surface area contributed by atoms with E-state index in [1.54, 1.807) is 0 Å². The van der Waals surface area contributed by atoms with E-state index < -0.39 is 50.1 Å². The lowest BCUT2D eigenvalue weighted by molar-refractivity contribution is 0.456. The summed E-state index contributed by atoms with van der Waals surface area (Å²) in [5, 5.41) is -0.859. The third-order valence-corrected chi connectivity index (χ3v) is 5.28. The van der Waals surface area contributed by atoms with Gasteiger partial charge in [0.25, 0.3) is 30.4 Å². The summed E-state index contributed by atoms with van der Waals surface area (Å²) in [7, 11) is -15.9. The van der Waals surface area contributed by atoms with Gasteiger partial charge in [0.2, 0.25) is 0 Å². The molecule has 9 nitrogen and oxygen atoms in total. The molecular weight excluding hydrogens is 348 g/mol. The van der Waals surface area contributed by atoms with Crippen molar-refractivity contribution in [3.63, 3.8) is 0 Å². The molecule has 0 fully saturated rings. The fraction of sp³-hybridized carbons (Fsp3) is 0. The number of benzene rings is 1. The van der Waals surface area contributed by atoms with Crippen LogP contribution in [0.2, 0.25) is 5.02 Å². The van der Waals surface area contributed by atoms with Crippen LogP contribution >= 0.6 is 11.6 Å². The number of rotatable bonds is 3. The first-order chi connectivity index (χ1) is 8.26. The Hall–Kier alpha value is -0.760. The fourth-order valence-corrected chi connectivity index (χ4v) is 4.94. The Kier molecular flexibility index (Phi) is 4.00. The highest BCUT2D eigenvalue weighted by molar-refractivity contribution is 7.90. The molecule has 108 valence electrons. The van der Waals surface area contributed by atoms with Crippen molar-refractivity contribution < 1.29 is 38.9 Å². The molecule has 0 atom stereocenters. The van der Waals surface area contributed by atoms with E-state index in [4.69, 9.17) is 25.3 Å². The molecule has 0 aromatic heterocycles. The number of halogens is 1. The molecule has 19 heavy (non-hydrogen) atoms. The first kappa shape index (κ1) is 16.3. The molecule has 1 aromatic carbocycles. The van der Waals surface area contributed by atoms with E-state index in [1.807, 2.05) is 0 Å². The van der Waals surface area contributed by atoms with Gasteiger partial charge in [-0.2, -0.15) is 25.3 Å². The summed E-state index contributed by atoms with van der Waals surface area (Å²) in [6, 6.07) is 1.07. The standard InChI is InChI=1S/C6H5ClO9S3/c7-3-1-2-4(17(8,9)10)6(19(14,15)16)5(3)18(11,12)13/h1-2H,(H,8,9,10)(H,11,12,13)(H,14,15,16). The topological polar surface area (TPSA) is 163 Å². The molecule has 0 radical (unpaired) electrons. The zero-order chi connectivity index (χ0) is 15.2. The maximum Gasteiger partial charge on any atom is 0.297 e. The third kappa shape index (κ3) is 3.42. The summed E-state index contributed by atoms with van der Waals surface area (Å²) in [4.78, 5) is -4.72. The molecule has 1 rings (SSSR count). The first-order valence-electron chi connectivity index (χ1n) is 4.01. The zero-order valence-electron chi connectivity index (χ0n) is 8.55. The van der Waals surface area contributed by atoms with Gasteiger partial charge in [0.05, 0.1) is 5.02 Å². The summed E-state index contributed by atoms with van der Waals surface area (Å²) in [5.41, 5.74) is 0. The minimum absolute atomic E-state index is 0.454. The third-order valence-electron chi connectivity index (χ3n) is 1.82. The van der Waals surface area contributed by atoms with Gasteiger partial charge in [-0.15, -0.1) is 0 Å². The van der Waals surface area contributed by atoms with Crippen LogP contribution < -0.4 is 0 Å². The monoisotopic (exact) mass is 352 g/mol. The molecule has 0 unspecified atom stereocenters. The number of hydrogen-bond donors (Lipinski definition) is 3. The van der Waals surface area contributed by atoms with Crippen molar-refractivity contribution in [2.45, 2.75) is 14.7 Å². The summed E-state index contributed by atoms with van der Waals surface area (Å²) in [6.07, 6.45) is 0. The molecule has 0 aliphatic heterocycles. The second kappa shape index (κ2) is 4.66. The van der Waals surface area contributed by atoms with Gasteiger partial charge in [-0.1, -0.05) is 11.6 Å². The lowest BCUT2D eigenvalue weighted by Gasteiger charge is -2.10. The molecule has 0 amide bonds. The SMILES string of the molecule is O=S(=O)(O)c1ccc(Cl)c(S(=O)(=O)O)c1S(=O)(=O)O. The maximum atomic E-state index is 11.1. The van der Waals surface area contributed by atoms with E-state index >= 15 is 0 Å². The Bertz CT molecular complexity index is 834. The molecular formula is C6H5ClO9S3. The van der Waals surface area contributed by atoms with Crippen LogP contribution in [0.4, 0.5) is 0 Å². The van der Waals surface area contributed by atoms with Crippen LogP contribution in [0.1, 0.15) is 0 Å². The van der Waals surface area contributed by atoms with Gasteiger partial charge < -0.3 is 0 Å². The summed E-state index contributed by atoms with van der Waals surface area (Å²) < 4.78 is 92.6. The van der Waals surface area contributed by atoms with Crippen LogP contribution in [0, 0.1) is 0 Å². The van der Waals surface area contributed by atoms with Gasteiger partial charge in [0.1, 0.15) is 14.7 Å². The van der Waals surface area contributed by atoms with Crippen molar-refractivity contribution >= 4 is 42.0 Å².